The summed E-state index contributed by atoms with van der Waals surface area (Å²) in [6.45, 7) is 5.53. The maximum Gasteiger partial charge on any atom is 0.0359 e. The summed E-state index contributed by atoms with van der Waals surface area (Å²) in [5, 5.41) is 3.77. The molecule has 0 aliphatic heterocycles. The summed E-state index contributed by atoms with van der Waals surface area (Å²) in [6, 6.07) is 7.18. The first-order valence-electron chi connectivity index (χ1n) is 7.22. The highest BCUT2D eigenvalue weighted by Crippen LogP contribution is 2.38. The van der Waals surface area contributed by atoms with Gasteiger partial charge in [0, 0.05) is 10.5 Å². The number of nitrogens with one attached hydrogen (secondary N) is 1. The Hall–Kier alpha value is -0.340. The fourth-order valence-corrected chi connectivity index (χ4v) is 3.54. The molecule has 0 heterocycles. The van der Waals surface area contributed by atoms with Crippen LogP contribution in [0.1, 0.15) is 56.2 Å². The van der Waals surface area contributed by atoms with Crippen LogP contribution in [0.5, 0.6) is 0 Å². The Kier molecular flexibility index (Phi) is 5.25. The molecular formula is C16H24BrN. The summed E-state index contributed by atoms with van der Waals surface area (Å²) in [4.78, 5) is 0. The van der Waals surface area contributed by atoms with E-state index in [1.807, 2.05) is 0 Å². The molecule has 1 N–H and O–H groups in total. The van der Waals surface area contributed by atoms with E-state index in [2.05, 4.69) is 53.3 Å². The zero-order valence-electron chi connectivity index (χ0n) is 11.5. The highest BCUT2D eigenvalue weighted by molar-refractivity contribution is 9.10. The normalized spacial score (nSPS) is 18.2. The van der Waals surface area contributed by atoms with Crippen molar-refractivity contribution in [3.8, 4) is 0 Å². The monoisotopic (exact) mass is 309 g/mol. The smallest absolute Gasteiger partial charge is 0.0359 e. The topological polar surface area (TPSA) is 12.0 Å². The van der Waals surface area contributed by atoms with Gasteiger partial charge in [0.25, 0.3) is 0 Å². The highest BCUT2D eigenvalue weighted by Gasteiger charge is 2.27. The average Bonchev–Trinajstić information content (AvgIpc) is 2.88. The maximum atomic E-state index is 3.78. The third-order valence-electron chi connectivity index (χ3n) is 4.04. The minimum atomic E-state index is 0.529. The van der Waals surface area contributed by atoms with Gasteiger partial charge >= 0.3 is 0 Å². The van der Waals surface area contributed by atoms with E-state index in [4.69, 9.17) is 0 Å². The van der Waals surface area contributed by atoms with E-state index in [0.717, 1.165) is 12.5 Å². The number of hydrogen-bond donors (Lipinski definition) is 1. The van der Waals surface area contributed by atoms with E-state index in [9.17, 15) is 0 Å². The van der Waals surface area contributed by atoms with Crippen molar-refractivity contribution < 1.29 is 0 Å². The summed E-state index contributed by atoms with van der Waals surface area (Å²) < 4.78 is 1.30. The van der Waals surface area contributed by atoms with Crippen LogP contribution in [-0.4, -0.2) is 6.54 Å². The molecule has 1 saturated carbocycles. The molecule has 0 aromatic heterocycles. The molecule has 1 aliphatic rings. The number of benzene rings is 1. The van der Waals surface area contributed by atoms with Gasteiger partial charge < -0.3 is 5.32 Å². The van der Waals surface area contributed by atoms with Gasteiger partial charge in [0.2, 0.25) is 0 Å². The molecule has 0 bridgehead atoms. The lowest BCUT2D eigenvalue weighted by atomic mass is 9.90. The largest absolute Gasteiger partial charge is 0.310 e. The lowest BCUT2D eigenvalue weighted by Gasteiger charge is -2.26. The van der Waals surface area contributed by atoms with E-state index < -0.39 is 0 Å². The van der Waals surface area contributed by atoms with Gasteiger partial charge in [-0.25, -0.2) is 0 Å². The molecular weight excluding hydrogens is 286 g/mol. The Morgan fingerprint density at radius 1 is 1.33 bits per heavy atom. The minimum absolute atomic E-state index is 0.529. The summed E-state index contributed by atoms with van der Waals surface area (Å²) in [7, 11) is 0. The fourth-order valence-electron chi connectivity index (χ4n) is 3.03. The zero-order valence-corrected chi connectivity index (χ0v) is 13.1. The molecule has 0 radical (unpaired) electrons. The van der Waals surface area contributed by atoms with Crippen molar-refractivity contribution in [2.45, 2.75) is 52.0 Å². The zero-order chi connectivity index (χ0) is 13.0. The minimum Gasteiger partial charge on any atom is -0.310 e. The molecule has 1 atom stereocenters. The van der Waals surface area contributed by atoms with Gasteiger partial charge in [-0.3, -0.25) is 0 Å². The lowest BCUT2D eigenvalue weighted by Crippen LogP contribution is -2.28. The second kappa shape index (κ2) is 6.72. The van der Waals surface area contributed by atoms with Gasteiger partial charge in [0.15, 0.2) is 0 Å². The van der Waals surface area contributed by atoms with Crippen molar-refractivity contribution in [3.05, 3.63) is 33.8 Å². The standard InChI is InChI=1S/C16H24BrN/c1-3-11-18-16(13-8-4-5-9-13)14-10-6-7-12(2)15(14)17/h6-7,10,13,16,18H,3-5,8-9,11H2,1-2H3. The summed E-state index contributed by atoms with van der Waals surface area (Å²) in [5.41, 5.74) is 2.80. The quantitative estimate of drug-likeness (QED) is 0.808. The van der Waals surface area contributed by atoms with Gasteiger partial charge in [-0.1, -0.05) is 53.9 Å². The molecule has 0 amide bonds. The predicted molar refractivity (Wildman–Crippen MR) is 81.9 cm³/mol. The van der Waals surface area contributed by atoms with Crippen molar-refractivity contribution in [2.75, 3.05) is 6.54 Å². The summed E-state index contributed by atoms with van der Waals surface area (Å²) >= 11 is 3.78. The van der Waals surface area contributed by atoms with Crippen LogP contribution in [-0.2, 0) is 0 Å². The summed E-state index contributed by atoms with van der Waals surface area (Å²) in [5.74, 6) is 0.814. The van der Waals surface area contributed by atoms with Gasteiger partial charge in [-0.05, 0) is 49.8 Å². The van der Waals surface area contributed by atoms with E-state index in [0.29, 0.717) is 6.04 Å². The predicted octanol–water partition coefficient (Wildman–Crippen LogP) is 4.99. The van der Waals surface area contributed by atoms with Gasteiger partial charge in [-0.2, -0.15) is 0 Å². The van der Waals surface area contributed by atoms with E-state index in [-0.39, 0.29) is 0 Å². The van der Waals surface area contributed by atoms with E-state index >= 15 is 0 Å². The van der Waals surface area contributed by atoms with Crippen LogP contribution in [0.4, 0.5) is 0 Å². The third kappa shape index (κ3) is 3.16. The molecule has 1 aromatic rings. The van der Waals surface area contributed by atoms with Crippen LogP contribution in [0, 0.1) is 12.8 Å². The Labute approximate surface area is 119 Å². The molecule has 100 valence electrons. The number of hydrogen-bond acceptors (Lipinski definition) is 1. The van der Waals surface area contributed by atoms with Crippen LogP contribution >= 0.6 is 15.9 Å². The number of rotatable bonds is 5. The van der Waals surface area contributed by atoms with Crippen LogP contribution in [0.15, 0.2) is 22.7 Å². The molecule has 18 heavy (non-hydrogen) atoms. The van der Waals surface area contributed by atoms with E-state index in [1.54, 1.807) is 0 Å². The van der Waals surface area contributed by atoms with Crippen LogP contribution in [0.3, 0.4) is 0 Å². The second-order valence-electron chi connectivity index (χ2n) is 5.45. The van der Waals surface area contributed by atoms with Crippen LogP contribution < -0.4 is 5.32 Å². The van der Waals surface area contributed by atoms with Crippen molar-refractivity contribution in [3.63, 3.8) is 0 Å². The molecule has 0 spiro atoms. The molecule has 1 fully saturated rings. The van der Waals surface area contributed by atoms with E-state index in [1.165, 1.54) is 47.7 Å². The van der Waals surface area contributed by atoms with Crippen LogP contribution in [0.25, 0.3) is 0 Å². The van der Waals surface area contributed by atoms with Crippen LogP contribution in [0.2, 0.25) is 0 Å². The maximum absolute atomic E-state index is 3.78. The molecule has 1 unspecified atom stereocenters. The molecule has 1 aliphatic carbocycles. The van der Waals surface area contributed by atoms with Crippen molar-refractivity contribution in [1.29, 1.82) is 0 Å². The Morgan fingerprint density at radius 3 is 2.72 bits per heavy atom. The third-order valence-corrected chi connectivity index (χ3v) is 5.13. The fraction of sp³-hybridized carbons (Fsp3) is 0.625. The van der Waals surface area contributed by atoms with Crippen molar-refractivity contribution >= 4 is 15.9 Å². The molecule has 1 nitrogen and oxygen atoms in total. The molecule has 0 saturated heterocycles. The molecule has 1 aromatic carbocycles. The van der Waals surface area contributed by atoms with Gasteiger partial charge in [0.05, 0.1) is 0 Å². The Morgan fingerprint density at radius 2 is 2.06 bits per heavy atom. The highest BCUT2D eigenvalue weighted by atomic mass is 79.9. The second-order valence-corrected chi connectivity index (χ2v) is 6.25. The first-order chi connectivity index (χ1) is 8.74. The van der Waals surface area contributed by atoms with Gasteiger partial charge in [0.1, 0.15) is 0 Å². The van der Waals surface area contributed by atoms with Crippen molar-refractivity contribution in [2.24, 2.45) is 5.92 Å². The lowest BCUT2D eigenvalue weighted by molar-refractivity contribution is 0.367. The SMILES string of the molecule is CCCNC(c1cccc(C)c1Br)C1CCCC1. The first-order valence-corrected chi connectivity index (χ1v) is 8.01. The number of halogens is 1. The Balaban J connectivity index is 2.23. The van der Waals surface area contributed by atoms with Crippen molar-refractivity contribution in [1.82, 2.24) is 5.32 Å². The summed E-state index contributed by atoms with van der Waals surface area (Å²) in [6.07, 6.45) is 6.76. The first kappa shape index (κ1) is 14.1. The number of aryl methyl sites for hydroxylation is 1. The molecule has 2 heteroatoms. The molecule has 2 rings (SSSR count). The van der Waals surface area contributed by atoms with Gasteiger partial charge in [-0.15, -0.1) is 0 Å². The average molecular weight is 310 g/mol. The Bertz CT molecular complexity index is 383.